The summed E-state index contributed by atoms with van der Waals surface area (Å²) in [4.78, 5) is 17.4. The Bertz CT molecular complexity index is 1290. The second kappa shape index (κ2) is 9.55. The average molecular weight is 473 g/mol. The van der Waals surface area contributed by atoms with E-state index in [2.05, 4.69) is 10.3 Å². The van der Waals surface area contributed by atoms with Crippen LogP contribution in [-0.4, -0.2) is 29.0 Å². The molecule has 0 aliphatic carbocycles. The fraction of sp³-hybridized carbons (Fsp3) is 0.217. The fourth-order valence-corrected chi connectivity index (χ4v) is 4.51. The molecule has 3 aromatic heterocycles. The molecule has 0 saturated heterocycles. The van der Waals surface area contributed by atoms with Gasteiger partial charge in [0.05, 0.1) is 16.8 Å². The molecule has 3 heterocycles. The molecule has 0 aliphatic rings. The van der Waals surface area contributed by atoms with Gasteiger partial charge in [-0.15, -0.1) is 11.3 Å². The molecule has 0 aliphatic heterocycles. The van der Waals surface area contributed by atoms with Crippen LogP contribution in [0, 0.1) is 0 Å². The highest BCUT2D eigenvalue weighted by Crippen LogP contribution is 2.39. The summed E-state index contributed by atoms with van der Waals surface area (Å²) in [5, 5.41) is 2.97. The van der Waals surface area contributed by atoms with Crippen LogP contribution in [0.1, 0.15) is 33.8 Å². The van der Waals surface area contributed by atoms with Gasteiger partial charge in [-0.05, 0) is 37.7 Å². The van der Waals surface area contributed by atoms with Crippen LogP contribution in [-0.2, 0) is 6.54 Å². The van der Waals surface area contributed by atoms with Crippen LogP contribution < -0.4 is 20.5 Å². The number of thiophene rings is 1. The topological polar surface area (TPSA) is 90.9 Å². The molecular weight excluding hydrogens is 450 g/mol. The maximum Gasteiger partial charge on any atom is 0.387 e. The summed E-state index contributed by atoms with van der Waals surface area (Å²) >= 11 is 1.18. The number of ether oxygens (including phenoxy) is 2. The van der Waals surface area contributed by atoms with Crippen molar-refractivity contribution >= 4 is 22.9 Å². The third-order valence-corrected chi connectivity index (χ3v) is 6.16. The maximum absolute atomic E-state index is 13.0. The Balaban J connectivity index is 1.68. The van der Waals surface area contributed by atoms with Gasteiger partial charge in [-0.3, -0.25) is 9.20 Å². The minimum Gasteiger partial charge on any atom is -0.484 e. The molecule has 1 amide bonds. The van der Waals surface area contributed by atoms with Crippen LogP contribution in [0.25, 0.3) is 16.2 Å². The molecule has 33 heavy (non-hydrogen) atoms. The van der Waals surface area contributed by atoms with Crippen molar-refractivity contribution in [3.05, 3.63) is 70.9 Å². The maximum atomic E-state index is 13.0. The number of benzene rings is 1. The zero-order valence-electron chi connectivity index (χ0n) is 17.9. The van der Waals surface area contributed by atoms with Gasteiger partial charge in [0.2, 0.25) is 0 Å². The number of rotatable bonds is 9. The molecule has 1 aromatic carbocycles. The monoisotopic (exact) mass is 472 g/mol. The minimum absolute atomic E-state index is 0.0168. The van der Waals surface area contributed by atoms with E-state index in [1.165, 1.54) is 11.3 Å². The standard InChI is InChI=1S/C23H22F2N4O3S/c1-13(15-7-6-14(11-27-2)9-17(15)32-23(24)25)31-18-10-19(33-21(18)22(26)30)16-12-28-20-5-3-4-8-29(16)20/h3-10,12-13,23,27H,11H2,1-2H3,(H2,26,30)/t13-/m1/s1. The molecular formula is C23H22F2N4O3S. The number of hydrogen-bond donors (Lipinski definition) is 2. The lowest BCUT2D eigenvalue weighted by Gasteiger charge is -2.19. The van der Waals surface area contributed by atoms with E-state index >= 15 is 0 Å². The summed E-state index contributed by atoms with van der Waals surface area (Å²) in [6.07, 6.45) is 2.88. The molecule has 0 saturated carbocycles. The third-order valence-electron chi connectivity index (χ3n) is 5.01. The predicted octanol–water partition coefficient (Wildman–Crippen LogP) is 4.62. The molecule has 7 nitrogen and oxygen atoms in total. The molecule has 0 bridgehead atoms. The number of carbonyl (C=O) groups is 1. The Labute approximate surface area is 192 Å². The van der Waals surface area contributed by atoms with Crippen LogP contribution in [0.3, 0.4) is 0 Å². The van der Waals surface area contributed by atoms with Gasteiger partial charge < -0.3 is 20.5 Å². The third kappa shape index (κ3) is 4.81. The molecule has 1 atom stereocenters. The number of nitrogens with one attached hydrogen (secondary N) is 1. The van der Waals surface area contributed by atoms with E-state index in [1.807, 2.05) is 28.8 Å². The van der Waals surface area contributed by atoms with Crippen molar-refractivity contribution in [3.63, 3.8) is 0 Å². The number of nitrogens with two attached hydrogens (primary N) is 1. The number of primary amides is 1. The van der Waals surface area contributed by atoms with Crippen LogP contribution in [0.4, 0.5) is 8.78 Å². The Morgan fingerprint density at radius 1 is 1.21 bits per heavy atom. The first-order chi connectivity index (χ1) is 15.9. The van der Waals surface area contributed by atoms with Gasteiger partial charge in [0, 0.05) is 24.4 Å². The molecule has 4 rings (SSSR count). The number of alkyl halides is 2. The van der Waals surface area contributed by atoms with Crippen molar-refractivity contribution in [2.24, 2.45) is 5.73 Å². The lowest BCUT2D eigenvalue weighted by molar-refractivity contribution is -0.0512. The lowest BCUT2D eigenvalue weighted by atomic mass is 10.1. The van der Waals surface area contributed by atoms with E-state index < -0.39 is 18.6 Å². The molecule has 0 fully saturated rings. The van der Waals surface area contributed by atoms with Crippen molar-refractivity contribution in [3.8, 4) is 22.1 Å². The van der Waals surface area contributed by atoms with Gasteiger partial charge in [0.15, 0.2) is 0 Å². The highest BCUT2D eigenvalue weighted by Gasteiger charge is 2.23. The largest absolute Gasteiger partial charge is 0.484 e. The predicted molar refractivity (Wildman–Crippen MR) is 122 cm³/mol. The fourth-order valence-electron chi connectivity index (χ4n) is 3.56. The second-order valence-electron chi connectivity index (χ2n) is 7.28. The Morgan fingerprint density at radius 2 is 2.03 bits per heavy atom. The summed E-state index contributed by atoms with van der Waals surface area (Å²) in [5.74, 6) is -0.359. The number of aromatic nitrogens is 2. The summed E-state index contributed by atoms with van der Waals surface area (Å²) < 4.78 is 38.7. The Morgan fingerprint density at radius 3 is 2.76 bits per heavy atom. The number of amides is 1. The molecule has 3 N–H and O–H groups in total. The van der Waals surface area contributed by atoms with Crippen molar-refractivity contribution in [2.45, 2.75) is 26.2 Å². The molecule has 0 spiro atoms. The average Bonchev–Trinajstić information content (AvgIpc) is 3.38. The van der Waals surface area contributed by atoms with Crippen LogP contribution in [0.15, 0.2) is 54.9 Å². The number of halogens is 2. The van der Waals surface area contributed by atoms with E-state index in [4.69, 9.17) is 15.2 Å². The number of fused-ring (bicyclic) bond motifs is 1. The molecule has 10 heteroatoms. The highest BCUT2D eigenvalue weighted by molar-refractivity contribution is 7.17. The number of pyridine rings is 1. The SMILES string of the molecule is CNCc1ccc([C@@H](C)Oc2cc(-c3cnc4ccccn34)sc2C(N)=O)c(OC(F)F)c1. The normalized spacial score (nSPS) is 12.3. The Kier molecular flexibility index (Phi) is 6.57. The first-order valence-corrected chi connectivity index (χ1v) is 10.9. The van der Waals surface area contributed by atoms with Crippen molar-refractivity contribution in [2.75, 3.05) is 7.05 Å². The van der Waals surface area contributed by atoms with Gasteiger partial charge in [0.25, 0.3) is 5.91 Å². The van der Waals surface area contributed by atoms with Gasteiger partial charge >= 0.3 is 6.61 Å². The highest BCUT2D eigenvalue weighted by atomic mass is 32.1. The summed E-state index contributed by atoms with van der Waals surface area (Å²) in [5.41, 5.74) is 8.34. The number of nitrogens with zero attached hydrogens (tertiary/aromatic N) is 2. The number of carbonyl (C=O) groups excluding carboxylic acids is 1. The summed E-state index contributed by atoms with van der Waals surface area (Å²) in [6.45, 7) is -0.791. The van der Waals surface area contributed by atoms with Crippen molar-refractivity contribution < 1.29 is 23.0 Å². The number of hydrogen-bond acceptors (Lipinski definition) is 6. The van der Waals surface area contributed by atoms with Gasteiger partial charge in [-0.2, -0.15) is 8.78 Å². The van der Waals surface area contributed by atoms with Gasteiger partial charge in [0.1, 0.15) is 28.1 Å². The molecule has 172 valence electrons. The summed E-state index contributed by atoms with van der Waals surface area (Å²) in [6, 6.07) is 12.4. The van der Waals surface area contributed by atoms with E-state index in [1.54, 1.807) is 44.4 Å². The van der Waals surface area contributed by atoms with E-state index in [-0.39, 0.29) is 16.4 Å². The second-order valence-corrected chi connectivity index (χ2v) is 8.33. The van der Waals surface area contributed by atoms with Crippen molar-refractivity contribution in [1.29, 1.82) is 0 Å². The first kappa shape index (κ1) is 22.7. The van der Waals surface area contributed by atoms with E-state index in [0.717, 1.165) is 21.8 Å². The zero-order valence-corrected chi connectivity index (χ0v) is 18.7. The molecule has 4 aromatic rings. The van der Waals surface area contributed by atoms with E-state index in [0.29, 0.717) is 12.1 Å². The quantitative estimate of drug-likeness (QED) is 0.371. The number of imidazole rings is 1. The van der Waals surface area contributed by atoms with Gasteiger partial charge in [-0.25, -0.2) is 4.98 Å². The Hall–Kier alpha value is -3.50. The van der Waals surface area contributed by atoms with Crippen LogP contribution in [0.5, 0.6) is 11.5 Å². The zero-order chi connectivity index (χ0) is 23.5. The summed E-state index contributed by atoms with van der Waals surface area (Å²) in [7, 11) is 1.76. The van der Waals surface area contributed by atoms with Crippen molar-refractivity contribution in [1.82, 2.24) is 14.7 Å². The lowest BCUT2D eigenvalue weighted by Crippen LogP contribution is -2.13. The van der Waals surface area contributed by atoms with Crippen LogP contribution >= 0.6 is 11.3 Å². The van der Waals surface area contributed by atoms with E-state index in [9.17, 15) is 13.6 Å². The minimum atomic E-state index is -2.98. The van der Waals surface area contributed by atoms with Crippen LogP contribution in [0.2, 0.25) is 0 Å². The first-order valence-electron chi connectivity index (χ1n) is 10.1. The smallest absolute Gasteiger partial charge is 0.387 e. The van der Waals surface area contributed by atoms with Gasteiger partial charge in [-0.1, -0.05) is 18.2 Å². The molecule has 0 radical (unpaired) electrons. The molecule has 0 unspecified atom stereocenters.